The van der Waals surface area contributed by atoms with Gasteiger partial charge in [-0.25, -0.2) is 20.1 Å². The molecular formula is C15H36N6O6P2S2. The predicted octanol–water partition coefficient (Wildman–Crippen LogP) is 1.55. The maximum atomic E-state index is 11.5. The predicted molar refractivity (Wildman–Crippen MR) is 129 cm³/mol. The van der Waals surface area contributed by atoms with E-state index >= 15 is 0 Å². The van der Waals surface area contributed by atoms with Crippen molar-refractivity contribution >= 4 is 50.2 Å². The van der Waals surface area contributed by atoms with Gasteiger partial charge in [0.1, 0.15) is 12.5 Å². The summed E-state index contributed by atoms with van der Waals surface area (Å²) in [6.45, 7) is 11.2. The van der Waals surface area contributed by atoms with Gasteiger partial charge in [0.05, 0.1) is 6.67 Å². The second kappa shape index (κ2) is 12.2. The average molecular weight is 523 g/mol. The summed E-state index contributed by atoms with van der Waals surface area (Å²) in [6, 6.07) is 0. The van der Waals surface area contributed by atoms with Crippen molar-refractivity contribution in [3.63, 3.8) is 0 Å². The first kappa shape index (κ1) is 30.6. The Hall–Kier alpha value is -0.400. The van der Waals surface area contributed by atoms with Crippen molar-refractivity contribution in [2.75, 3.05) is 6.67 Å². The highest BCUT2D eigenvalue weighted by Gasteiger charge is 2.35. The van der Waals surface area contributed by atoms with Crippen molar-refractivity contribution in [2.45, 2.75) is 66.8 Å². The Morgan fingerprint density at radius 3 is 1.39 bits per heavy atom. The van der Waals surface area contributed by atoms with Gasteiger partial charge >= 0.3 is 15.5 Å². The van der Waals surface area contributed by atoms with Crippen molar-refractivity contribution in [1.29, 1.82) is 0 Å². The molecule has 4 unspecified atom stereocenters. The van der Waals surface area contributed by atoms with E-state index in [2.05, 4.69) is 21.3 Å². The molecule has 0 bridgehead atoms. The van der Waals surface area contributed by atoms with Gasteiger partial charge in [0, 0.05) is 10.8 Å². The Morgan fingerprint density at radius 2 is 1.16 bits per heavy atom. The van der Waals surface area contributed by atoms with Crippen LogP contribution in [-0.2, 0) is 18.2 Å². The van der Waals surface area contributed by atoms with Gasteiger partial charge in [0.2, 0.25) is 0 Å². The zero-order valence-electron chi connectivity index (χ0n) is 18.7. The van der Waals surface area contributed by atoms with Crippen LogP contribution in [0, 0.1) is 10.8 Å². The third-order valence-electron chi connectivity index (χ3n) is 4.78. The molecule has 0 aromatic carbocycles. The Labute approximate surface area is 194 Å². The summed E-state index contributed by atoms with van der Waals surface area (Å²) in [5, 5.41) is 11.5. The molecule has 0 aliphatic rings. The molecule has 10 N–H and O–H groups in total. The number of rotatable bonds is 12. The van der Waals surface area contributed by atoms with Crippen LogP contribution >= 0.6 is 39.9 Å². The summed E-state index contributed by atoms with van der Waals surface area (Å²) >= 11 is 10.4. The molecule has 0 saturated carbocycles. The summed E-state index contributed by atoms with van der Waals surface area (Å²) in [7, 11) is -8.49. The Bertz CT molecular complexity index is 656. The molecule has 12 nitrogen and oxygen atoms in total. The fourth-order valence-corrected chi connectivity index (χ4v) is 3.59. The van der Waals surface area contributed by atoms with Gasteiger partial charge in [0.15, 0.2) is 10.2 Å². The Morgan fingerprint density at radius 1 is 0.871 bits per heavy atom. The molecule has 0 fully saturated rings. The van der Waals surface area contributed by atoms with Crippen LogP contribution in [0.4, 0.5) is 0 Å². The van der Waals surface area contributed by atoms with E-state index in [-0.39, 0.29) is 16.9 Å². The topological polar surface area (TPSA) is 193 Å². The molecule has 184 valence electrons. The van der Waals surface area contributed by atoms with E-state index in [9.17, 15) is 18.9 Å². The van der Waals surface area contributed by atoms with Crippen LogP contribution < -0.4 is 32.3 Å². The highest BCUT2D eigenvalue weighted by atomic mass is 32.1. The van der Waals surface area contributed by atoms with Crippen molar-refractivity contribution < 1.29 is 28.0 Å². The molecule has 0 amide bonds. The van der Waals surface area contributed by atoms with E-state index in [0.29, 0.717) is 12.8 Å². The molecule has 4 atom stereocenters. The van der Waals surface area contributed by atoms with E-state index < -0.39 is 38.8 Å². The molecule has 0 aromatic rings. The molecule has 16 heteroatoms. The van der Waals surface area contributed by atoms with Crippen LogP contribution in [0.25, 0.3) is 0 Å². The van der Waals surface area contributed by atoms with E-state index in [1.807, 2.05) is 41.5 Å². The lowest BCUT2D eigenvalue weighted by Gasteiger charge is -2.35. The lowest BCUT2D eigenvalue weighted by atomic mass is 9.88. The van der Waals surface area contributed by atoms with Crippen LogP contribution in [0.5, 0.6) is 0 Å². The Kier molecular flexibility index (Phi) is 12.0. The second-order valence-corrected chi connectivity index (χ2v) is 11.8. The van der Waals surface area contributed by atoms with Gasteiger partial charge in [0.25, 0.3) is 0 Å². The van der Waals surface area contributed by atoms with Gasteiger partial charge in [-0.3, -0.25) is 9.05 Å². The summed E-state index contributed by atoms with van der Waals surface area (Å²) in [6.07, 6.45) is -0.613. The van der Waals surface area contributed by atoms with Crippen molar-refractivity contribution in [2.24, 2.45) is 21.8 Å². The SMILES string of the molecule is CCC(C)(C)C(NC(=S)NCNC(=S)NC(OP(N)(=O)O)C(C)(C)CC)OP(N)(=O)O. The summed E-state index contributed by atoms with van der Waals surface area (Å²) < 4.78 is 33.1. The molecule has 0 aliphatic carbocycles. The van der Waals surface area contributed by atoms with Crippen molar-refractivity contribution in [1.82, 2.24) is 21.3 Å². The largest absolute Gasteiger partial charge is 0.402 e. The smallest absolute Gasteiger partial charge is 0.345 e. The van der Waals surface area contributed by atoms with Crippen molar-refractivity contribution in [3.05, 3.63) is 0 Å². The molecule has 0 rings (SSSR count). The van der Waals surface area contributed by atoms with E-state index in [0.717, 1.165) is 0 Å². The van der Waals surface area contributed by atoms with Crippen LogP contribution in [0.15, 0.2) is 0 Å². The molecule has 0 spiro atoms. The van der Waals surface area contributed by atoms with Crippen LogP contribution in [0.2, 0.25) is 0 Å². The quantitative estimate of drug-likeness (QED) is 0.104. The standard InChI is InChI=1S/C15H36N6O6P2S2/c1-7-14(3,4)10(26-28(16,22)23)20-12(30)18-9-19-13(31)21-11(15(5,6)8-2)27-29(17,24)25/h10-11H,7-9H2,1-6H3,(H3,16,22,23)(H3,17,24,25)(H2,18,20,30)(H2,19,21,31). The summed E-state index contributed by atoms with van der Waals surface area (Å²) in [5.41, 5.74) is 9.16. The molecule has 31 heavy (non-hydrogen) atoms. The van der Waals surface area contributed by atoms with Crippen LogP contribution in [-0.4, -0.2) is 39.1 Å². The lowest BCUT2D eigenvalue weighted by molar-refractivity contribution is 0.0472. The first-order valence-electron chi connectivity index (χ1n) is 9.51. The first-order valence-corrected chi connectivity index (χ1v) is 13.6. The second-order valence-electron chi connectivity index (χ2n) is 8.26. The van der Waals surface area contributed by atoms with E-state index in [1.54, 1.807) is 0 Å². The van der Waals surface area contributed by atoms with Gasteiger partial charge < -0.3 is 31.1 Å². The number of nitrogens with two attached hydrogens (primary N) is 2. The van der Waals surface area contributed by atoms with Gasteiger partial charge in [-0.15, -0.1) is 0 Å². The minimum atomic E-state index is -4.25. The van der Waals surface area contributed by atoms with Gasteiger partial charge in [-0.1, -0.05) is 41.5 Å². The maximum Gasteiger partial charge on any atom is 0.402 e. The van der Waals surface area contributed by atoms with Crippen LogP contribution in [0.1, 0.15) is 54.4 Å². The summed E-state index contributed by atoms with van der Waals surface area (Å²) in [5.74, 6) is 0. The van der Waals surface area contributed by atoms with Crippen molar-refractivity contribution in [3.8, 4) is 0 Å². The third-order valence-corrected chi connectivity index (χ3v) is 6.33. The fourth-order valence-electron chi connectivity index (χ4n) is 1.95. The maximum absolute atomic E-state index is 11.5. The zero-order chi connectivity index (χ0) is 24.7. The molecule has 0 heterocycles. The molecular weight excluding hydrogens is 486 g/mol. The summed E-state index contributed by atoms with van der Waals surface area (Å²) in [4.78, 5) is 18.7. The van der Waals surface area contributed by atoms with Gasteiger partial charge in [-0.05, 0) is 37.3 Å². The molecule has 0 aromatic heterocycles. The number of hydrogen-bond acceptors (Lipinski definition) is 6. The average Bonchev–Trinajstić information content (AvgIpc) is 2.58. The van der Waals surface area contributed by atoms with E-state index in [4.69, 9.17) is 44.5 Å². The Balaban J connectivity index is 4.86. The number of thiocarbonyl (C=S) groups is 2. The lowest BCUT2D eigenvalue weighted by Crippen LogP contribution is -2.54. The number of hydrogen-bond donors (Lipinski definition) is 8. The highest BCUT2D eigenvalue weighted by molar-refractivity contribution is 7.80. The third kappa shape index (κ3) is 13.0. The highest BCUT2D eigenvalue weighted by Crippen LogP contribution is 2.40. The molecule has 0 saturated heterocycles. The molecule has 0 aliphatic heterocycles. The number of nitrogens with one attached hydrogen (secondary N) is 4. The van der Waals surface area contributed by atoms with Crippen LogP contribution in [0.3, 0.4) is 0 Å². The fraction of sp³-hybridized carbons (Fsp3) is 0.867. The minimum absolute atomic E-state index is 0.0645. The monoisotopic (exact) mass is 522 g/mol. The zero-order valence-corrected chi connectivity index (χ0v) is 22.1. The first-order chi connectivity index (χ1) is 13.8. The normalized spacial score (nSPS) is 18.1. The van der Waals surface area contributed by atoms with Gasteiger partial charge in [-0.2, -0.15) is 0 Å². The van der Waals surface area contributed by atoms with E-state index in [1.165, 1.54) is 0 Å². The molecule has 0 radical (unpaired) electrons. The minimum Gasteiger partial charge on any atom is -0.345 e.